The number of aliphatic hydroxyl groups excluding tert-OH is 1. The van der Waals surface area contributed by atoms with Crippen molar-refractivity contribution in [2.24, 2.45) is 0 Å². The number of rotatable bonds is 7. The van der Waals surface area contributed by atoms with Gasteiger partial charge in [0.2, 0.25) is 5.88 Å². The Bertz CT molecular complexity index is 1580. The third-order valence-electron chi connectivity index (χ3n) is 9.12. The van der Waals surface area contributed by atoms with Gasteiger partial charge >= 0.3 is 12.2 Å². The fourth-order valence-electron chi connectivity index (χ4n) is 6.93. The molecule has 5 heterocycles. The van der Waals surface area contributed by atoms with Gasteiger partial charge in [0.15, 0.2) is 5.82 Å². The fraction of sp³-hybridized carbons (Fsp3) is 0.567. The van der Waals surface area contributed by atoms with Crippen molar-refractivity contribution < 1.29 is 41.6 Å². The van der Waals surface area contributed by atoms with Crippen molar-refractivity contribution in [3.05, 3.63) is 28.5 Å². The molecule has 1 aliphatic carbocycles. The van der Waals surface area contributed by atoms with Crippen LogP contribution in [0.15, 0.2) is 12.1 Å². The molecular weight excluding hydrogens is 625 g/mol. The van der Waals surface area contributed by atoms with Gasteiger partial charge in [-0.15, -0.1) is 0 Å². The average molecular weight is 658 g/mol. The maximum Gasteiger partial charge on any atom is 0.411 e. The summed E-state index contributed by atoms with van der Waals surface area (Å²) in [5.74, 6) is -1.52. The summed E-state index contributed by atoms with van der Waals surface area (Å²) < 4.78 is 80.3. The lowest BCUT2D eigenvalue weighted by atomic mass is 9.95. The number of nitrogens with zero attached hydrogens (tertiary/aromatic N) is 5. The zero-order valence-electron chi connectivity index (χ0n) is 24.5. The lowest BCUT2D eigenvalue weighted by Gasteiger charge is -2.33. The van der Waals surface area contributed by atoms with E-state index in [1.54, 1.807) is 0 Å². The summed E-state index contributed by atoms with van der Waals surface area (Å²) >= 11 is 6.48. The van der Waals surface area contributed by atoms with Gasteiger partial charge in [-0.05, 0) is 75.2 Å². The number of aromatic nitrogens is 3. The van der Waals surface area contributed by atoms with Gasteiger partial charge in [0, 0.05) is 10.6 Å². The SMILES string of the molecule is CF.OC[C@H](N1CCOc2nc(-c3cc(O)cc(Cl)c3C3CC3)c(F)c3nc(OCC45CCCN4CCC5)nc1c23)C(F)(F)F. The van der Waals surface area contributed by atoms with Crippen molar-refractivity contribution in [1.82, 2.24) is 19.9 Å². The molecule has 3 fully saturated rings. The number of alkyl halides is 4. The molecule has 9 nitrogen and oxygen atoms in total. The Kier molecular flexibility index (Phi) is 8.59. The molecule has 4 aliphatic rings. The summed E-state index contributed by atoms with van der Waals surface area (Å²) in [4.78, 5) is 16.4. The molecule has 0 spiro atoms. The largest absolute Gasteiger partial charge is 0.508 e. The highest BCUT2D eigenvalue weighted by molar-refractivity contribution is 6.32. The van der Waals surface area contributed by atoms with E-state index in [1.807, 2.05) is 0 Å². The zero-order chi connectivity index (χ0) is 32.1. The Morgan fingerprint density at radius 2 is 1.82 bits per heavy atom. The highest BCUT2D eigenvalue weighted by Gasteiger charge is 2.47. The third-order valence-corrected chi connectivity index (χ3v) is 9.43. The third kappa shape index (κ3) is 5.69. The molecule has 0 amide bonds. The van der Waals surface area contributed by atoms with Crippen molar-refractivity contribution in [3.63, 3.8) is 0 Å². The minimum Gasteiger partial charge on any atom is -0.508 e. The van der Waals surface area contributed by atoms with Crippen LogP contribution in [-0.4, -0.2) is 94.5 Å². The second kappa shape index (κ2) is 12.2. The van der Waals surface area contributed by atoms with Crippen molar-refractivity contribution in [1.29, 1.82) is 0 Å². The Morgan fingerprint density at radius 3 is 2.47 bits per heavy atom. The maximum absolute atomic E-state index is 16.6. The molecule has 15 heteroatoms. The molecule has 2 saturated heterocycles. The van der Waals surface area contributed by atoms with Crippen molar-refractivity contribution in [2.45, 2.75) is 62.2 Å². The summed E-state index contributed by atoms with van der Waals surface area (Å²) in [6, 6.07) is 0.139. The smallest absolute Gasteiger partial charge is 0.411 e. The molecule has 45 heavy (non-hydrogen) atoms. The maximum atomic E-state index is 16.6. The Morgan fingerprint density at radius 1 is 1.11 bits per heavy atom. The molecule has 1 atom stereocenters. The molecule has 0 radical (unpaired) electrons. The molecule has 3 aliphatic heterocycles. The average Bonchev–Trinajstić information content (AvgIpc) is 3.67. The van der Waals surface area contributed by atoms with E-state index in [-0.39, 0.29) is 81.9 Å². The number of phenolic OH excluding ortho intramolecular Hbond substituents is 1. The summed E-state index contributed by atoms with van der Waals surface area (Å²) in [5, 5.41) is 20.3. The molecule has 0 bridgehead atoms. The predicted octanol–water partition coefficient (Wildman–Crippen LogP) is 5.78. The fourth-order valence-corrected chi connectivity index (χ4v) is 7.30. The predicted molar refractivity (Wildman–Crippen MR) is 156 cm³/mol. The van der Waals surface area contributed by atoms with Gasteiger partial charge in [0.05, 0.1) is 25.9 Å². The number of aliphatic hydroxyl groups is 1. The van der Waals surface area contributed by atoms with E-state index in [0.717, 1.165) is 56.5 Å². The summed E-state index contributed by atoms with van der Waals surface area (Å²) in [5.41, 5.74) is 0.124. The quantitative estimate of drug-likeness (QED) is 0.306. The number of phenols is 1. The minimum atomic E-state index is -4.83. The van der Waals surface area contributed by atoms with Crippen LogP contribution in [0.2, 0.25) is 5.02 Å². The second-order valence-electron chi connectivity index (χ2n) is 11.8. The number of pyridine rings is 1. The van der Waals surface area contributed by atoms with E-state index in [0.29, 0.717) is 12.7 Å². The zero-order valence-corrected chi connectivity index (χ0v) is 25.3. The molecule has 1 saturated carbocycles. The molecule has 2 N–H and O–H groups in total. The first-order valence-electron chi connectivity index (χ1n) is 14.9. The number of anilines is 1. The second-order valence-corrected chi connectivity index (χ2v) is 12.2. The van der Waals surface area contributed by atoms with Gasteiger partial charge in [-0.1, -0.05) is 11.6 Å². The van der Waals surface area contributed by atoms with Gasteiger partial charge in [-0.3, -0.25) is 9.29 Å². The topological polar surface area (TPSA) is 104 Å². The highest BCUT2D eigenvalue weighted by atomic mass is 35.5. The molecule has 3 aromatic rings. The molecule has 1 aromatic carbocycles. The summed E-state index contributed by atoms with van der Waals surface area (Å²) in [6.07, 6.45) is 0.651. The van der Waals surface area contributed by atoms with Crippen molar-refractivity contribution in [2.75, 3.05) is 51.5 Å². The standard InChI is InChI=1S/C29H30ClF4N5O4.CH3F/c30-18-12-16(41)11-17(20(18)15-3-4-15)23-22(31)24-21-25(39(9-10-42-26(21)35-23)19(13-40)29(32,33)34)37-27(36-24)43-14-28-5-1-7-38(28)8-2-6-28;1-2/h11-12,15,19,40-41H,1-10,13-14H2;1H3/t19-;/m0./s1. The van der Waals surface area contributed by atoms with Crippen LogP contribution in [0, 0.1) is 5.82 Å². The first kappa shape index (κ1) is 31.7. The van der Waals surface area contributed by atoms with Crippen LogP contribution in [0.5, 0.6) is 17.6 Å². The monoisotopic (exact) mass is 657 g/mol. The van der Waals surface area contributed by atoms with Crippen LogP contribution in [0.4, 0.5) is 27.8 Å². The normalized spacial score (nSPS) is 19.9. The molecule has 0 unspecified atom stereocenters. The Balaban J connectivity index is 0.00000175. The lowest BCUT2D eigenvalue weighted by Crippen LogP contribution is -2.50. The first-order chi connectivity index (χ1) is 21.6. The number of fused-ring (bicyclic) bond motifs is 1. The molecule has 244 valence electrons. The lowest BCUT2D eigenvalue weighted by molar-refractivity contribution is -0.156. The first-order valence-corrected chi connectivity index (χ1v) is 15.2. The van der Waals surface area contributed by atoms with Crippen LogP contribution in [0.25, 0.3) is 22.2 Å². The number of ether oxygens (including phenoxy) is 2. The minimum absolute atomic E-state index is 0.0486. The highest BCUT2D eigenvalue weighted by Crippen LogP contribution is 2.50. The number of hydrogen-bond donors (Lipinski definition) is 2. The van der Waals surface area contributed by atoms with Gasteiger partial charge < -0.3 is 24.6 Å². The van der Waals surface area contributed by atoms with Gasteiger partial charge in [0.1, 0.15) is 47.4 Å². The number of hydrogen-bond acceptors (Lipinski definition) is 9. The number of aromatic hydroxyl groups is 1. The van der Waals surface area contributed by atoms with E-state index in [9.17, 15) is 27.8 Å². The van der Waals surface area contributed by atoms with Crippen LogP contribution in [0.3, 0.4) is 0 Å². The van der Waals surface area contributed by atoms with E-state index < -0.39 is 24.6 Å². The van der Waals surface area contributed by atoms with Gasteiger partial charge in [0.25, 0.3) is 0 Å². The summed E-state index contributed by atoms with van der Waals surface area (Å²) in [6.45, 7) is 0.264. The number of benzene rings is 1. The van der Waals surface area contributed by atoms with Gasteiger partial charge in [-0.2, -0.15) is 23.1 Å². The van der Waals surface area contributed by atoms with Crippen molar-refractivity contribution >= 4 is 28.3 Å². The number of halogens is 6. The van der Waals surface area contributed by atoms with Crippen LogP contribution in [0.1, 0.15) is 50.0 Å². The van der Waals surface area contributed by atoms with Gasteiger partial charge in [-0.25, -0.2) is 9.37 Å². The molecular formula is C30H33ClF5N5O4. The summed E-state index contributed by atoms with van der Waals surface area (Å²) in [7, 11) is 0.500. The Labute approximate surface area is 260 Å². The Hall–Kier alpha value is -3.23. The van der Waals surface area contributed by atoms with Crippen LogP contribution in [-0.2, 0) is 0 Å². The van der Waals surface area contributed by atoms with Crippen LogP contribution < -0.4 is 14.4 Å². The van der Waals surface area contributed by atoms with Crippen LogP contribution >= 0.6 is 11.6 Å². The van der Waals surface area contributed by atoms with E-state index in [2.05, 4.69) is 19.9 Å². The molecule has 7 rings (SSSR count). The van der Waals surface area contributed by atoms with Crippen molar-refractivity contribution in [3.8, 4) is 28.9 Å². The van der Waals surface area contributed by atoms with E-state index in [1.165, 1.54) is 12.1 Å². The molecule has 2 aromatic heterocycles. The van der Waals surface area contributed by atoms with E-state index >= 15 is 4.39 Å². The van der Waals surface area contributed by atoms with E-state index in [4.69, 9.17) is 21.1 Å².